The second-order valence-corrected chi connectivity index (χ2v) is 2.53. The van der Waals surface area contributed by atoms with Crippen LogP contribution in [0.1, 0.15) is 11.3 Å². The van der Waals surface area contributed by atoms with Crippen LogP contribution in [0.15, 0.2) is 16.9 Å². The van der Waals surface area contributed by atoms with E-state index in [9.17, 15) is 4.79 Å². The van der Waals surface area contributed by atoms with Crippen molar-refractivity contribution in [1.29, 1.82) is 0 Å². The smallest absolute Gasteiger partial charge is 0.251 e. The summed E-state index contributed by atoms with van der Waals surface area (Å²) in [6, 6.07) is 3.70. The van der Waals surface area contributed by atoms with Crippen LogP contribution in [-0.4, -0.2) is 11.5 Å². The maximum absolute atomic E-state index is 11.1. The third kappa shape index (κ3) is 1.91. The van der Waals surface area contributed by atoms with Gasteiger partial charge in [0.1, 0.15) is 0 Å². The molecule has 1 rings (SSSR count). The number of aromatic nitrogens is 1. The number of nitrogens with one attached hydrogen (secondary N) is 1. The lowest BCUT2D eigenvalue weighted by Crippen LogP contribution is -2.16. The van der Waals surface area contributed by atoms with Crippen LogP contribution in [0.3, 0.4) is 0 Å². The molecular formula is C8H12N2O. The molecule has 60 valence electrons. The Kier molecular flexibility index (Phi) is 2.44. The molecule has 0 aliphatic heterocycles. The number of hydrogen-bond acceptors (Lipinski definition) is 2. The van der Waals surface area contributed by atoms with Gasteiger partial charge in [-0.3, -0.25) is 4.79 Å². The number of aromatic amines is 1. The van der Waals surface area contributed by atoms with Crippen molar-refractivity contribution < 1.29 is 0 Å². The van der Waals surface area contributed by atoms with Crippen LogP contribution < -0.4 is 11.3 Å². The van der Waals surface area contributed by atoms with Crippen LogP contribution in [0, 0.1) is 6.92 Å². The van der Waals surface area contributed by atoms with Crippen LogP contribution >= 0.6 is 0 Å². The Bertz CT molecular complexity index is 290. The normalized spacial score (nSPS) is 10.0. The highest BCUT2D eigenvalue weighted by Gasteiger charge is 1.96. The van der Waals surface area contributed by atoms with Crippen molar-refractivity contribution in [2.24, 2.45) is 5.73 Å². The highest BCUT2D eigenvalue weighted by Crippen LogP contribution is 1.92. The molecule has 0 saturated carbocycles. The molecule has 0 aromatic carbocycles. The van der Waals surface area contributed by atoms with E-state index in [4.69, 9.17) is 5.73 Å². The average Bonchev–Trinajstić information content (AvgIpc) is 1.95. The average molecular weight is 152 g/mol. The van der Waals surface area contributed by atoms with E-state index in [1.165, 1.54) is 0 Å². The fourth-order valence-electron chi connectivity index (χ4n) is 0.955. The van der Waals surface area contributed by atoms with Crippen LogP contribution in [0.25, 0.3) is 0 Å². The predicted octanol–water partition coefficient (Wildman–Crippen LogP) is 0.185. The third-order valence-corrected chi connectivity index (χ3v) is 1.55. The number of hydrogen-bond donors (Lipinski definition) is 2. The lowest BCUT2D eigenvalue weighted by molar-refractivity contribution is 0.935. The summed E-state index contributed by atoms with van der Waals surface area (Å²) in [5.74, 6) is 0. The molecule has 0 spiro atoms. The van der Waals surface area contributed by atoms with Crippen molar-refractivity contribution in [3.8, 4) is 0 Å². The van der Waals surface area contributed by atoms with Gasteiger partial charge in [0.25, 0.3) is 5.56 Å². The molecule has 0 unspecified atom stereocenters. The van der Waals surface area contributed by atoms with Crippen LogP contribution in [0.5, 0.6) is 0 Å². The summed E-state index contributed by atoms with van der Waals surface area (Å²) in [5.41, 5.74) is 6.94. The first-order valence-corrected chi connectivity index (χ1v) is 3.63. The summed E-state index contributed by atoms with van der Waals surface area (Å²) in [4.78, 5) is 13.8. The first-order valence-electron chi connectivity index (χ1n) is 3.63. The van der Waals surface area contributed by atoms with Gasteiger partial charge >= 0.3 is 0 Å². The molecule has 1 aromatic rings. The topological polar surface area (TPSA) is 58.9 Å². The van der Waals surface area contributed by atoms with E-state index >= 15 is 0 Å². The highest BCUT2D eigenvalue weighted by molar-refractivity contribution is 5.13. The fourth-order valence-corrected chi connectivity index (χ4v) is 0.955. The van der Waals surface area contributed by atoms with Crippen molar-refractivity contribution in [3.63, 3.8) is 0 Å². The molecule has 0 atom stereocenters. The fraction of sp³-hybridized carbons (Fsp3) is 0.375. The van der Waals surface area contributed by atoms with Crippen molar-refractivity contribution in [2.45, 2.75) is 13.3 Å². The van der Waals surface area contributed by atoms with Gasteiger partial charge in [-0.15, -0.1) is 0 Å². The predicted molar refractivity (Wildman–Crippen MR) is 44.6 cm³/mol. The summed E-state index contributed by atoms with van der Waals surface area (Å²) in [7, 11) is 0. The molecule has 0 amide bonds. The standard InChI is InChI=1S/C8H12N2O/c1-6-2-3-7(4-5-9)8(11)10-6/h2-3H,4-5,9H2,1H3,(H,10,11). The highest BCUT2D eigenvalue weighted by atomic mass is 16.1. The largest absolute Gasteiger partial charge is 0.330 e. The third-order valence-electron chi connectivity index (χ3n) is 1.55. The zero-order valence-corrected chi connectivity index (χ0v) is 6.55. The van der Waals surface area contributed by atoms with E-state index in [0.29, 0.717) is 13.0 Å². The lowest BCUT2D eigenvalue weighted by Gasteiger charge is -1.97. The maximum atomic E-state index is 11.1. The number of H-pyrrole nitrogens is 1. The summed E-state index contributed by atoms with van der Waals surface area (Å²) in [6.07, 6.45) is 0.648. The molecule has 0 bridgehead atoms. The molecule has 3 heteroatoms. The molecule has 0 radical (unpaired) electrons. The Morgan fingerprint density at radius 1 is 1.55 bits per heavy atom. The number of nitrogens with two attached hydrogens (primary N) is 1. The Morgan fingerprint density at radius 2 is 2.27 bits per heavy atom. The monoisotopic (exact) mass is 152 g/mol. The number of rotatable bonds is 2. The second-order valence-electron chi connectivity index (χ2n) is 2.53. The molecule has 1 aromatic heterocycles. The number of aryl methyl sites for hydroxylation is 1. The van der Waals surface area contributed by atoms with Gasteiger partial charge in [0, 0.05) is 11.3 Å². The van der Waals surface area contributed by atoms with Gasteiger partial charge in [-0.2, -0.15) is 0 Å². The van der Waals surface area contributed by atoms with Gasteiger partial charge < -0.3 is 10.7 Å². The van der Waals surface area contributed by atoms with E-state index in [0.717, 1.165) is 11.3 Å². The van der Waals surface area contributed by atoms with Gasteiger partial charge in [0.05, 0.1) is 0 Å². The molecule has 0 aliphatic rings. The first kappa shape index (κ1) is 8.01. The summed E-state index contributed by atoms with van der Waals surface area (Å²) in [6.45, 7) is 2.37. The molecule has 0 saturated heterocycles. The molecule has 0 aliphatic carbocycles. The minimum absolute atomic E-state index is 0.0181. The molecule has 3 N–H and O–H groups in total. The second kappa shape index (κ2) is 3.34. The Balaban J connectivity index is 3.00. The Morgan fingerprint density at radius 3 is 2.82 bits per heavy atom. The SMILES string of the molecule is Cc1ccc(CCN)c(=O)[nH]1. The summed E-state index contributed by atoms with van der Waals surface area (Å²) < 4.78 is 0. The molecule has 0 fully saturated rings. The molecule has 1 heterocycles. The van der Waals surface area contributed by atoms with Gasteiger partial charge in [0.2, 0.25) is 0 Å². The molecule has 3 nitrogen and oxygen atoms in total. The number of pyridine rings is 1. The molecule has 11 heavy (non-hydrogen) atoms. The quantitative estimate of drug-likeness (QED) is 0.635. The Labute approximate surface area is 65.2 Å². The van der Waals surface area contributed by atoms with E-state index in [-0.39, 0.29) is 5.56 Å². The summed E-state index contributed by atoms with van der Waals surface area (Å²) in [5, 5.41) is 0. The zero-order valence-electron chi connectivity index (χ0n) is 6.55. The summed E-state index contributed by atoms with van der Waals surface area (Å²) >= 11 is 0. The minimum Gasteiger partial charge on any atom is -0.330 e. The maximum Gasteiger partial charge on any atom is 0.251 e. The van der Waals surface area contributed by atoms with E-state index in [1.807, 2.05) is 19.1 Å². The van der Waals surface area contributed by atoms with Crippen molar-refractivity contribution in [3.05, 3.63) is 33.7 Å². The van der Waals surface area contributed by atoms with Gasteiger partial charge in [0.15, 0.2) is 0 Å². The molecular weight excluding hydrogens is 140 g/mol. The van der Waals surface area contributed by atoms with E-state index < -0.39 is 0 Å². The van der Waals surface area contributed by atoms with E-state index in [1.54, 1.807) is 0 Å². The van der Waals surface area contributed by atoms with Gasteiger partial charge in [-0.1, -0.05) is 6.07 Å². The van der Waals surface area contributed by atoms with Crippen LogP contribution in [0.4, 0.5) is 0 Å². The van der Waals surface area contributed by atoms with Crippen molar-refractivity contribution in [1.82, 2.24) is 4.98 Å². The zero-order chi connectivity index (χ0) is 8.27. The van der Waals surface area contributed by atoms with Crippen molar-refractivity contribution >= 4 is 0 Å². The van der Waals surface area contributed by atoms with Crippen LogP contribution in [0.2, 0.25) is 0 Å². The Hall–Kier alpha value is -1.09. The van der Waals surface area contributed by atoms with E-state index in [2.05, 4.69) is 4.98 Å². The van der Waals surface area contributed by atoms with Crippen LogP contribution in [-0.2, 0) is 6.42 Å². The van der Waals surface area contributed by atoms with Crippen molar-refractivity contribution in [2.75, 3.05) is 6.54 Å². The lowest BCUT2D eigenvalue weighted by atomic mass is 10.2. The van der Waals surface area contributed by atoms with Gasteiger partial charge in [-0.05, 0) is 26.0 Å². The minimum atomic E-state index is -0.0181. The van der Waals surface area contributed by atoms with Gasteiger partial charge in [-0.25, -0.2) is 0 Å². The first-order chi connectivity index (χ1) is 5.24.